The van der Waals surface area contributed by atoms with Crippen LogP contribution >= 0.6 is 0 Å². The molecule has 1 saturated carbocycles. The molecule has 1 atom stereocenters. The van der Waals surface area contributed by atoms with Gasteiger partial charge in [-0.3, -0.25) is 4.79 Å². The van der Waals surface area contributed by atoms with Gasteiger partial charge in [-0.05, 0) is 32.2 Å². The first-order chi connectivity index (χ1) is 12.5. The lowest BCUT2D eigenvalue weighted by atomic mass is 9.88. The van der Waals surface area contributed by atoms with Crippen molar-refractivity contribution in [3.05, 3.63) is 18.1 Å². The Hall–Kier alpha value is -1.69. The minimum Gasteiger partial charge on any atom is -0.363 e. The lowest BCUT2D eigenvalue weighted by Crippen LogP contribution is -2.41. The maximum atomic E-state index is 13.0. The van der Waals surface area contributed by atoms with Gasteiger partial charge in [0.15, 0.2) is 0 Å². The van der Waals surface area contributed by atoms with Crippen molar-refractivity contribution in [3.8, 4) is 0 Å². The summed E-state index contributed by atoms with van der Waals surface area (Å²) >= 11 is 0. The Morgan fingerprint density at radius 1 is 1.15 bits per heavy atom. The first-order valence-electron chi connectivity index (χ1n) is 9.98. The third kappa shape index (κ3) is 4.93. The van der Waals surface area contributed by atoms with Gasteiger partial charge < -0.3 is 14.7 Å². The van der Waals surface area contributed by atoms with E-state index in [1.165, 1.54) is 19.3 Å². The fourth-order valence-corrected chi connectivity index (χ4v) is 4.26. The second-order valence-corrected chi connectivity index (χ2v) is 8.21. The molecule has 0 spiro atoms. The number of hydrogen-bond acceptors (Lipinski definition) is 5. The maximum Gasteiger partial charge on any atom is 0.225 e. The predicted octanol–water partition coefficient (Wildman–Crippen LogP) is 2.06. The molecule has 0 radical (unpaired) electrons. The Morgan fingerprint density at radius 3 is 2.65 bits per heavy atom. The molecule has 1 aromatic heterocycles. The molecule has 2 heterocycles. The Balaban J connectivity index is 1.67. The fraction of sp³-hybridized carbons (Fsp3) is 0.750. The number of carbonyl (C=O) groups is 1. The molecule has 2 aliphatic rings. The first kappa shape index (κ1) is 19.1. The summed E-state index contributed by atoms with van der Waals surface area (Å²) in [5.74, 6) is 2.00. The van der Waals surface area contributed by atoms with Gasteiger partial charge >= 0.3 is 0 Å². The molecule has 2 fully saturated rings. The lowest BCUT2D eigenvalue weighted by molar-refractivity contribution is -0.136. The molecule has 1 saturated heterocycles. The number of anilines is 1. The summed E-state index contributed by atoms with van der Waals surface area (Å²) in [4.78, 5) is 28.3. The second-order valence-electron chi connectivity index (χ2n) is 8.21. The van der Waals surface area contributed by atoms with E-state index in [9.17, 15) is 4.79 Å². The average molecular weight is 360 g/mol. The van der Waals surface area contributed by atoms with Crippen LogP contribution in [-0.4, -0.2) is 73.0 Å². The minimum atomic E-state index is 0.257. The highest BCUT2D eigenvalue weighted by Gasteiger charge is 2.30. The van der Waals surface area contributed by atoms with Crippen molar-refractivity contribution in [2.24, 2.45) is 11.8 Å². The predicted molar refractivity (Wildman–Crippen MR) is 104 cm³/mol. The molecule has 26 heavy (non-hydrogen) atoms. The number of likely N-dealkylation sites (N-methyl/N-ethyl adjacent to an activating group) is 1. The van der Waals surface area contributed by atoms with Gasteiger partial charge in [0.1, 0.15) is 12.1 Å². The van der Waals surface area contributed by atoms with Crippen LogP contribution in [0, 0.1) is 11.8 Å². The van der Waals surface area contributed by atoms with Crippen molar-refractivity contribution < 1.29 is 4.79 Å². The highest BCUT2D eigenvalue weighted by molar-refractivity contribution is 5.79. The highest BCUT2D eigenvalue weighted by atomic mass is 16.2. The molecule has 1 aliphatic carbocycles. The molecule has 1 aromatic rings. The van der Waals surface area contributed by atoms with Crippen LogP contribution in [0.2, 0.25) is 0 Å². The lowest BCUT2D eigenvalue weighted by Gasteiger charge is -2.30. The van der Waals surface area contributed by atoms with Gasteiger partial charge in [-0.25, -0.2) is 9.97 Å². The highest BCUT2D eigenvalue weighted by Crippen LogP contribution is 2.26. The van der Waals surface area contributed by atoms with Crippen molar-refractivity contribution >= 4 is 11.7 Å². The molecule has 0 bridgehead atoms. The van der Waals surface area contributed by atoms with Gasteiger partial charge in [-0.1, -0.05) is 19.3 Å². The molecule has 1 aliphatic heterocycles. The Bertz CT molecular complexity index is 600. The smallest absolute Gasteiger partial charge is 0.225 e. The summed E-state index contributed by atoms with van der Waals surface area (Å²) < 4.78 is 0. The van der Waals surface area contributed by atoms with Gasteiger partial charge in [-0.15, -0.1) is 0 Å². The topological polar surface area (TPSA) is 52.6 Å². The Labute approximate surface area is 157 Å². The molecule has 0 N–H and O–H groups in total. The van der Waals surface area contributed by atoms with Crippen LogP contribution in [-0.2, 0) is 11.2 Å². The summed E-state index contributed by atoms with van der Waals surface area (Å²) in [5.41, 5.74) is 1.06. The van der Waals surface area contributed by atoms with Crippen LogP contribution < -0.4 is 4.90 Å². The van der Waals surface area contributed by atoms with E-state index in [-0.39, 0.29) is 5.92 Å². The van der Waals surface area contributed by atoms with Crippen molar-refractivity contribution in [3.63, 3.8) is 0 Å². The Morgan fingerprint density at radius 2 is 1.92 bits per heavy atom. The van der Waals surface area contributed by atoms with Crippen LogP contribution in [0.3, 0.4) is 0 Å². The zero-order valence-electron chi connectivity index (χ0n) is 16.5. The molecule has 3 rings (SSSR count). The van der Waals surface area contributed by atoms with Crippen molar-refractivity contribution in [1.29, 1.82) is 0 Å². The van der Waals surface area contributed by atoms with Crippen LogP contribution in [0.25, 0.3) is 0 Å². The summed E-state index contributed by atoms with van der Waals surface area (Å²) in [7, 11) is 6.15. The average Bonchev–Trinajstić information content (AvgIpc) is 2.83. The molecule has 6 heteroatoms. The number of carbonyl (C=O) groups excluding carboxylic acids is 1. The van der Waals surface area contributed by atoms with Crippen molar-refractivity contribution in [2.45, 2.75) is 38.5 Å². The van der Waals surface area contributed by atoms with Crippen LogP contribution in [0.4, 0.5) is 5.82 Å². The van der Waals surface area contributed by atoms with Crippen LogP contribution in [0.1, 0.15) is 37.8 Å². The maximum absolute atomic E-state index is 13.0. The first-order valence-corrected chi connectivity index (χ1v) is 9.98. The van der Waals surface area contributed by atoms with E-state index in [2.05, 4.69) is 32.9 Å². The van der Waals surface area contributed by atoms with E-state index < -0.39 is 0 Å². The van der Waals surface area contributed by atoms with Gasteiger partial charge in [0, 0.05) is 58.0 Å². The SMILES string of the molecule is CN1CCN(C(=O)C2CCCCC2)CC(Cc2cc(N(C)C)ncn2)C1. The minimum absolute atomic E-state index is 0.257. The Kier molecular flexibility index (Phi) is 6.46. The monoisotopic (exact) mass is 359 g/mol. The van der Waals surface area contributed by atoms with E-state index in [1.807, 2.05) is 19.0 Å². The largest absolute Gasteiger partial charge is 0.363 e. The van der Waals surface area contributed by atoms with Gasteiger partial charge in [0.2, 0.25) is 5.91 Å². The third-order valence-corrected chi connectivity index (χ3v) is 5.73. The number of hydrogen-bond donors (Lipinski definition) is 0. The number of nitrogens with zero attached hydrogens (tertiary/aromatic N) is 5. The molecule has 1 amide bonds. The quantitative estimate of drug-likeness (QED) is 0.824. The summed E-state index contributed by atoms with van der Waals surface area (Å²) in [5, 5.41) is 0. The van der Waals surface area contributed by atoms with Crippen molar-refractivity contribution in [2.75, 3.05) is 52.2 Å². The molecule has 0 aromatic carbocycles. The number of aromatic nitrogens is 2. The normalized spacial score (nSPS) is 22.9. The third-order valence-electron chi connectivity index (χ3n) is 5.73. The summed E-state index contributed by atoms with van der Waals surface area (Å²) in [6, 6.07) is 2.07. The second kappa shape index (κ2) is 8.80. The molecule has 144 valence electrons. The fourth-order valence-electron chi connectivity index (χ4n) is 4.26. The van der Waals surface area contributed by atoms with Gasteiger partial charge in [-0.2, -0.15) is 0 Å². The van der Waals surface area contributed by atoms with Gasteiger partial charge in [0.25, 0.3) is 0 Å². The molecular formula is C20H33N5O. The molecule has 1 unspecified atom stereocenters. The van der Waals surface area contributed by atoms with E-state index in [4.69, 9.17) is 0 Å². The van der Waals surface area contributed by atoms with E-state index >= 15 is 0 Å². The van der Waals surface area contributed by atoms with E-state index in [0.29, 0.717) is 11.8 Å². The summed E-state index contributed by atoms with van der Waals surface area (Å²) in [6.45, 7) is 3.67. The standard InChI is InChI=1S/C20H33N5O/c1-23(2)19-12-18(21-15-22-19)11-16-13-24(3)9-10-25(14-16)20(26)17-7-5-4-6-8-17/h12,15-17H,4-11,13-14H2,1-3H3. The zero-order valence-corrected chi connectivity index (χ0v) is 16.5. The van der Waals surface area contributed by atoms with Gasteiger partial charge in [0.05, 0.1) is 0 Å². The van der Waals surface area contributed by atoms with E-state index in [1.54, 1.807) is 6.33 Å². The number of amides is 1. The van der Waals surface area contributed by atoms with Crippen molar-refractivity contribution in [1.82, 2.24) is 19.8 Å². The van der Waals surface area contributed by atoms with Crippen LogP contribution in [0.15, 0.2) is 12.4 Å². The molecule has 6 nitrogen and oxygen atoms in total. The zero-order chi connectivity index (χ0) is 18.5. The molecular weight excluding hydrogens is 326 g/mol. The summed E-state index contributed by atoms with van der Waals surface area (Å²) in [6.07, 6.45) is 8.40. The van der Waals surface area contributed by atoms with Crippen LogP contribution in [0.5, 0.6) is 0 Å². The number of rotatable bonds is 4. The van der Waals surface area contributed by atoms with E-state index in [0.717, 1.165) is 57.0 Å².